The lowest BCUT2D eigenvalue weighted by Crippen LogP contribution is -2.30. The first kappa shape index (κ1) is 6.43. The summed E-state index contributed by atoms with van der Waals surface area (Å²) in [5, 5.41) is 2.47. The minimum atomic E-state index is -0.817. The molecule has 0 saturated carbocycles. The molecule has 0 aliphatic rings. The zero-order valence-corrected chi connectivity index (χ0v) is 3.93. The first-order valence-corrected chi connectivity index (χ1v) is 1.69. The summed E-state index contributed by atoms with van der Waals surface area (Å²) in [4.78, 5) is 9.95. The van der Waals surface area contributed by atoms with Crippen molar-refractivity contribution in [3.8, 4) is 12.5 Å². The molecule has 0 aromatic heterocycles. The van der Waals surface area contributed by atoms with Gasteiger partial charge in [0.05, 0.1) is 0 Å². The van der Waals surface area contributed by atoms with E-state index in [2.05, 4.69) is 11.5 Å². The Balaban J connectivity index is 3.28. The summed E-state index contributed by atoms with van der Waals surface area (Å²) in [5.41, 5.74) is 10.0. The van der Waals surface area contributed by atoms with Crippen molar-refractivity contribution in [3.05, 3.63) is 0 Å². The summed E-state index contributed by atoms with van der Waals surface area (Å²) in [6.45, 7) is 0. The van der Waals surface area contributed by atoms with Crippen LogP contribution in [-0.2, 0) is 0 Å². The fraction of sp³-hybridized carbons (Fsp3) is 0. The maximum absolute atomic E-state index is 9.95. The Morgan fingerprint density at radius 2 is 2.50 bits per heavy atom. The molecule has 0 radical (unpaired) electrons. The van der Waals surface area contributed by atoms with Crippen LogP contribution in [0.5, 0.6) is 0 Å². The Bertz CT molecular complexity index is 135. The van der Waals surface area contributed by atoms with E-state index >= 15 is 0 Å². The summed E-state index contributed by atoms with van der Waals surface area (Å²) in [6.07, 6.45) is 4.65. The quantitative estimate of drug-likeness (QED) is 0.190. The number of rotatable bonds is 1. The third kappa shape index (κ3) is 2.66. The van der Waals surface area contributed by atoms with Crippen LogP contribution in [0, 0.1) is 18.0 Å². The SMILES string of the molecule is C#CNNC(=O)N=N. The molecule has 5 heteroatoms. The van der Waals surface area contributed by atoms with Crippen LogP contribution in [0.3, 0.4) is 0 Å². The molecule has 42 valence electrons. The van der Waals surface area contributed by atoms with E-state index in [0.29, 0.717) is 0 Å². The zero-order chi connectivity index (χ0) is 6.41. The molecule has 0 spiro atoms. The zero-order valence-electron chi connectivity index (χ0n) is 3.93. The van der Waals surface area contributed by atoms with Crippen molar-refractivity contribution in [3.63, 3.8) is 0 Å². The van der Waals surface area contributed by atoms with E-state index in [-0.39, 0.29) is 0 Å². The number of terminal acetylenes is 1. The number of nitrogens with one attached hydrogen (secondary N) is 3. The highest BCUT2D eigenvalue weighted by atomic mass is 16.2. The Kier molecular flexibility index (Phi) is 2.90. The lowest BCUT2D eigenvalue weighted by atomic mass is 11.1. The highest BCUT2D eigenvalue weighted by Crippen LogP contribution is 1.63. The van der Waals surface area contributed by atoms with Crippen molar-refractivity contribution in [2.24, 2.45) is 5.11 Å². The standard InChI is InChI=1S/C3H4N4O/c1-2-5-7-3(8)6-4/h1,4-5H,(H,7,8). The summed E-state index contributed by atoms with van der Waals surface area (Å²) in [7, 11) is 0. The van der Waals surface area contributed by atoms with Crippen LogP contribution in [0.15, 0.2) is 5.11 Å². The largest absolute Gasteiger partial charge is 0.378 e. The third-order valence-corrected chi connectivity index (χ3v) is 0.343. The molecule has 5 nitrogen and oxygen atoms in total. The number of urea groups is 1. The van der Waals surface area contributed by atoms with Gasteiger partial charge in [0.1, 0.15) is 0 Å². The Hall–Kier alpha value is -1.57. The van der Waals surface area contributed by atoms with E-state index in [9.17, 15) is 4.79 Å². The second-order valence-electron chi connectivity index (χ2n) is 0.811. The molecule has 0 rings (SSSR count). The molecular formula is C3H4N4O. The van der Waals surface area contributed by atoms with Gasteiger partial charge in [-0.1, -0.05) is 11.5 Å². The average Bonchev–Trinajstić information content (AvgIpc) is 1.83. The topological polar surface area (TPSA) is 77.3 Å². The van der Waals surface area contributed by atoms with Crippen molar-refractivity contribution in [2.45, 2.75) is 0 Å². The van der Waals surface area contributed by atoms with Crippen LogP contribution in [-0.4, -0.2) is 6.03 Å². The number of amides is 2. The maximum Gasteiger partial charge on any atom is 0.378 e. The first-order valence-electron chi connectivity index (χ1n) is 1.69. The van der Waals surface area contributed by atoms with Crippen molar-refractivity contribution >= 4 is 6.03 Å². The fourth-order valence-electron chi connectivity index (χ4n) is 0.118. The molecule has 0 aliphatic heterocycles. The van der Waals surface area contributed by atoms with Crippen LogP contribution < -0.4 is 10.9 Å². The van der Waals surface area contributed by atoms with E-state index in [1.165, 1.54) is 0 Å². The van der Waals surface area contributed by atoms with Gasteiger partial charge in [-0.25, -0.2) is 10.2 Å². The smallest absolute Gasteiger partial charge is 0.255 e. The molecule has 0 aromatic carbocycles. The predicted octanol–water partition coefficient (Wildman–Crippen LogP) is -0.178. The summed E-state index contributed by atoms with van der Waals surface area (Å²) >= 11 is 0. The average molecular weight is 112 g/mol. The van der Waals surface area contributed by atoms with Gasteiger partial charge in [-0.15, -0.1) is 0 Å². The minimum absolute atomic E-state index is 0.817. The molecule has 0 fully saturated rings. The highest BCUT2D eigenvalue weighted by molar-refractivity contribution is 5.73. The van der Waals surface area contributed by atoms with Gasteiger partial charge >= 0.3 is 6.03 Å². The third-order valence-electron chi connectivity index (χ3n) is 0.343. The van der Waals surface area contributed by atoms with Gasteiger partial charge in [-0.05, 0) is 0 Å². The van der Waals surface area contributed by atoms with Gasteiger partial charge in [-0.2, -0.15) is 5.53 Å². The van der Waals surface area contributed by atoms with Crippen molar-refractivity contribution in [2.75, 3.05) is 0 Å². The minimum Gasteiger partial charge on any atom is -0.255 e. The molecule has 0 unspecified atom stereocenters. The Morgan fingerprint density at radius 1 is 1.88 bits per heavy atom. The molecule has 0 heterocycles. The van der Waals surface area contributed by atoms with E-state index in [0.717, 1.165) is 0 Å². The number of carbonyl (C=O) groups is 1. The molecule has 0 aromatic rings. The normalized spacial score (nSPS) is 6.38. The molecular weight excluding hydrogens is 108 g/mol. The summed E-state index contributed by atoms with van der Waals surface area (Å²) in [5.74, 6) is 0. The lowest BCUT2D eigenvalue weighted by Gasteiger charge is -1.91. The van der Waals surface area contributed by atoms with E-state index in [1.54, 1.807) is 0 Å². The van der Waals surface area contributed by atoms with Crippen LogP contribution in [0.1, 0.15) is 0 Å². The van der Waals surface area contributed by atoms with Gasteiger partial charge in [0.25, 0.3) is 0 Å². The molecule has 0 bridgehead atoms. The van der Waals surface area contributed by atoms with Gasteiger partial charge in [0.2, 0.25) is 0 Å². The maximum atomic E-state index is 9.95. The van der Waals surface area contributed by atoms with Crippen molar-refractivity contribution < 1.29 is 4.79 Å². The molecule has 2 amide bonds. The van der Waals surface area contributed by atoms with Crippen molar-refractivity contribution in [1.29, 1.82) is 5.53 Å². The Morgan fingerprint density at radius 3 is 2.88 bits per heavy atom. The fourth-order valence-corrected chi connectivity index (χ4v) is 0.118. The second-order valence-corrected chi connectivity index (χ2v) is 0.811. The van der Waals surface area contributed by atoms with Crippen LogP contribution in [0.25, 0.3) is 0 Å². The number of hydrazine groups is 1. The second kappa shape index (κ2) is 3.61. The number of carbonyl (C=O) groups excluding carboxylic acids is 1. The molecule has 0 aliphatic carbocycles. The van der Waals surface area contributed by atoms with Gasteiger partial charge < -0.3 is 0 Å². The van der Waals surface area contributed by atoms with Crippen LogP contribution in [0.4, 0.5) is 4.79 Å². The van der Waals surface area contributed by atoms with Crippen molar-refractivity contribution in [1.82, 2.24) is 10.9 Å². The van der Waals surface area contributed by atoms with E-state index in [4.69, 9.17) is 5.53 Å². The van der Waals surface area contributed by atoms with Gasteiger partial charge in [0, 0.05) is 6.04 Å². The van der Waals surface area contributed by atoms with Crippen LogP contribution in [0.2, 0.25) is 0 Å². The Labute approximate surface area is 45.9 Å². The van der Waals surface area contributed by atoms with Gasteiger partial charge in [-0.3, -0.25) is 5.43 Å². The summed E-state index contributed by atoms with van der Waals surface area (Å²) in [6, 6.07) is 1.09. The van der Waals surface area contributed by atoms with Gasteiger partial charge in [0.15, 0.2) is 0 Å². The molecule has 8 heavy (non-hydrogen) atoms. The number of nitrogens with zero attached hydrogens (tertiary/aromatic N) is 1. The first-order chi connectivity index (χ1) is 3.81. The number of hydrogen-bond acceptors (Lipinski definition) is 3. The summed E-state index contributed by atoms with van der Waals surface area (Å²) < 4.78 is 0. The highest BCUT2D eigenvalue weighted by Gasteiger charge is 1.88. The molecule has 0 saturated heterocycles. The van der Waals surface area contributed by atoms with E-state index in [1.807, 2.05) is 16.9 Å². The van der Waals surface area contributed by atoms with Crippen LogP contribution >= 0.6 is 0 Å². The number of hydrogen-bond donors (Lipinski definition) is 3. The lowest BCUT2D eigenvalue weighted by molar-refractivity contribution is 0.245. The monoisotopic (exact) mass is 112 g/mol. The predicted molar refractivity (Wildman–Crippen MR) is 25.6 cm³/mol. The molecule has 0 atom stereocenters. The van der Waals surface area contributed by atoms with E-state index < -0.39 is 6.03 Å². The molecule has 3 N–H and O–H groups in total.